The molecule has 3 heterocycles. The summed E-state index contributed by atoms with van der Waals surface area (Å²) in [5, 5.41) is 5.18. The van der Waals surface area contributed by atoms with Gasteiger partial charge in [0.15, 0.2) is 0 Å². The number of rotatable bonds is 3. The number of aromatic nitrogens is 3. The minimum absolute atomic E-state index is 0.635. The van der Waals surface area contributed by atoms with Crippen molar-refractivity contribution in [3.63, 3.8) is 0 Å². The van der Waals surface area contributed by atoms with Gasteiger partial charge in [-0.05, 0) is 23.6 Å². The molecule has 3 aromatic rings. The highest BCUT2D eigenvalue weighted by Crippen LogP contribution is 2.18. The van der Waals surface area contributed by atoms with E-state index in [0.717, 1.165) is 15.9 Å². The van der Waals surface area contributed by atoms with E-state index in [-0.39, 0.29) is 0 Å². The summed E-state index contributed by atoms with van der Waals surface area (Å²) in [7, 11) is 0. The molecule has 0 aliphatic rings. The van der Waals surface area contributed by atoms with E-state index >= 15 is 0 Å². The number of thiophene rings is 1. The molecule has 1 N–H and O–H groups in total. The number of fused-ring (bicyclic) bond motifs is 1. The largest absolute Gasteiger partial charge is 0.349 e. The molecule has 5 heteroatoms. The molecular formula is C12H10N4S. The molecule has 0 radical (unpaired) electrons. The molecule has 0 unspecified atom stereocenters. The SMILES string of the molecule is c1ccc(CNc2ncc3sccc3n2)nc1. The molecule has 0 amide bonds. The number of anilines is 1. The van der Waals surface area contributed by atoms with Crippen LogP contribution in [-0.2, 0) is 6.54 Å². The summed E-state index contributed by atoms with van der Waals surface area (Å²) in [5.74, 6) is 0.640. The van der Waals surface area contributed by atoms with Gasteiger partial charge >= 0.3 is 0 Å². The van der Waals surface area contributed by atoms with E-state index in [1.807, 2.05) is 35.8 Å². The molecule has 0 atom stereocenters. The van der Waals surface area contributed by atoms with Crippen LogP contribution >= 0.6 is 11.3 Å². The first-order chi connectivity index (χ1) is 8.42. The van der Waals surface area contributed by atoms with Gasteiger partial charge < -0.3 is 5.32 Å². The highest BCUT2D eigenvalue weighted by molar-refractivity contribution is 7.17. The highest BCUT2D eigenvalue weighted by Gasteiger charge is 2.00. The molecule has 3 aromatic heterocycles. The number of hydrogen-bond acceptors (Lipinski definition) is 5. The van der Waals surface area contributed by atoms with Gasteiger partial charge in [0.1, 0.15) is 0 Å². The lowest BCUT2D eigenvalue weighted by Crippen LogP contribution is -2.04. The first kappa shape index (κ1) is 10.2. The fourth-order valence-corrected chi connectivity index (χ4v) is 2.21. The second-order valence-corrected chi connectivity index (χ2v) is 4.49. The molecule has 0 bridgehead atoms. The lowest BCUT2D eigenvalue weighted by Gasteiger charge is -2.03. The van der Waals surface area contributed by atoms with E-state index in [1.165, 1.54) is 0 Å². The van der Waals surface area contributed by atoms with E-state index in [2.05, 4.69) is 20.3 Å². The number of nitrogens with one attached hydrogen (secondary N) is 1. The van der Waals surface area contributed by atoms with Gasteiger partial charge in [0.25, 0.3) is 0 Å². The summed E-state index contributed by atoms with van der Waals surface area (Å²) in [6.07, 6.45) is 3.62. The van der Waals surface area contributed by atoms with E-state index in [4.69, 9.17) is 0 Å². The molecule has 0 aliphatic heterocycles. The molecular weight excluding hydrogens is 232 g/mol. The first-order valence-electron chi connectivity index (χ1n) is 5.26. The maximum Gasteiger partial charge on any atom is 0.223 e. The maximum absolute atomic E-state index is 4.41. The van der Waals surface area contributed by atoms with E-state index in [0.29, 0.717) is 12.5 Å². The Morgan fingerprint density at radius 3 is 3.06 bits per heavy atom. The average molecular weight is 242 g/mol. The summed E-state index contributed by atoms with van der Waals surface area (Å²) in [6.45, 7) is 0.635. The molecule has 0 fully saturated rings. The Labute approximate surface area is 102 Å². The third-order valence-electron chi connectivity index (χ3n) is 2.36. The quantitative estimate of drug-likeness (QED) is 0.767. The predicted octanol–water partition coefficient (Wildman–Crippen LogP) is 2.70. The van der Waals surface area contributed by atoms with Crippen LogP contribution < -0.4 is 5.32 Å². The van der Waals surface area contributed by atoms with Crippen LogP contribution in [0, 0.1) is 0 Å². The molecule has 0 spiro atoms. The van der Waals surface area contributed by atoms with Crippen molar-refractivity contribution in [2.75, 3.05) is 5.32 Å². The molecule has 0 aliphatic carbocycles. The summed E-state index contributed by atoms with van der Waals surface area (Å²) in [5.41, 5.74) is 1.95. The standard InChI is InChI=1S/C12H10N4S/c1-2-5-13-9(3-1)7-14-12-15-8-11-10(16-12)4-6-17-11/h1-6,8H,7H2,(H,14,15,16). The summed E-state index contributed by atoms with van der Waals surface area (Å²) >= 11 is 1.65. The van der Waals surface area contributed by atoms with Crippen LogP contribution in [0.4, 0.5) is 5.95 Å². The van der Waals surface area contributed by atoms with Crippen LogP contribution in [-0.4, -0.2) is 15.0 Å². The van der Waals surface area contributed by atoms with Crippen molar-refractivity contribution in [1.29, 1.82) is 0 Å². The summed E-state index contributed by atoms with van der Waals surface area (Å²) in [6, 6.07) is 7.83. The number of hydrogen-bond donors (Lipinski definition) is 1. The van der Waals surface area contributed by atoms with E-state index in [1.54, 1.807) is 17.5 Å². The van der Waals surface area contributed by atoms with Crippen LogP contribution in [0.25, 0.3) is 10.2 Å². The van der Waals surface area contributed by atoms with Gasteiger partial charge in [-0.3, -0.25) is 4.98 Å². The second kappa shape index (κ2) is 4.47. The van der Waals surface area contributed by atoms with E-state index in [9.17, 15) is 0 Å². The molecule has 84 valence electrons. The monoisotopic (exact) mass is 242 g/mol. The van der Waals surface area contributed by atoms with Crippen LogP contribution in [0.3, 0.4) is 0 Å². The topological polar surface area (TPSA) is 50.7 Å². The summed E-state index contributed by atoms with van der Waals surface area (Å²) < 4.78 is 1.10. The third-order valence-corrected chi connectivity index (χ3v) is 3.20. The smallest absolute Gasteiger partial charge is 0.223 e. The normalized spacial score (nSPS) is 10.6. The third kappa shape index (κ3) is 2.24. The Hall–Kier alpha value is -2.01. The average Bonchev–Trinajstić information content (AvgIpc) is 2.85. The van der Waals surface area contributed by atoms with Gasteiger partial charge in [-0.15, -0.1) is 11.3 Å². The Balaban J connectivity index is 1.76. The minimum Gasteiger partial charge on any atom is -0.349 e. The van der Waals surface area contributed by atoms with Crippen LogP contribution in [0.1, 0.15) is 5.69 Å². The molecule has 4 nitrogen and oxygen atoms in total. The van der Waals surface area contributed by atoms with Crippen molar-refractivity contribution < 1.29 is 0 Å². The van der Waals surface area contributed by atoms with Crippen molar-refractivity contribution in [2.45, 2.75) is 6.54 Å². The van der Waals surface area contributed by atoms with Crippen molar-refractivity contribution in [1.82, 2.24) is 15.0 Å². The Morgan fingerprint density at radius 2 is 2.18 bits per heavy atom. The number of nitrogens with zero attached hydrogens (tertiary/aromatic N) is 3. The fourth-order valence-electron chi connectivity index (χ4n) is 1.52. The Morgan fingerprint density at radius 1 is 1.18 bits per heavy atom. The first-order valence-corrected chi connectivity index (χ1v) is 6.14. The highest BCUT2D eigenvalue weighted by atomic mass is 32.1. The molecule has 0 saturated carbocycles. The molecule has 0 saturated heterocycles. The Bertz CT molecular complexity index is 620. The van der Waals surface area contributed by atoms with Crippen molar-refractivity contribution in [3.05, 3.63) is 47.7 Å². The predicted molar refractivity (Wildman–Crippen MR) is 69.0 cm³/mol. The summed E-state index contributed by atoms with van der Waals surface area (Å²) in [4.78, 5) is 12.9. The molecule has 17 heavy (non-hydrogen) atoms. The minimum atomic E-state index is 0.635. The molecule has 3 rings (SSSR count). The van der Waals surface area contributed by atoms with Crippen LogP contribution in [0.5, 0.6) is 0 Å². The van der Waals surface area contributed by atoms with Gasteiger partial charge in [0.05, 0.1) is 28.7 Å². The zero-order chi connectivity index (χ0) is 11.5. The zero-order valence-electron chi connectivity index (χ0n) is 9.00. The van der Waals surface area contributed by atoms with Crippen molar-refractivity contribution >= 4 is 27.5 Å². The van der Waals surface area contributed by atoms with Gasteiger partial charge in [-0.25, -0.2) is 9.97 Å². The lowest BCUT2D eigenvalue weighted by molar-refractivity contribution is 1.01. The second-order valence-electron chi connectivity index (χ2n) is 3.54. The van der Waals surface area contributed by atoms with Gasteiger partial charge in [-0.1, -0.05) is 6.07 Å². The van der Waals surface area contributed by atoms with Crippen molar-refractivity contribution in [3.8, 4) is 0 Å². The van der Waals surface area contributed by atoms with Gasteiger partial charge in [-0.2, -0.15) is 0 Å². The molecule has 0 aromatic carbocycles. The van der Waals surface area contributed by atoms with Crippen molar-refractivity contribution in [2.24, 2.45) is 0 Å². The zero-order valence-corrected chi connectivity index (χ0v) is 9.81. The van der Waals surface area contributed by atoms with Crippen LogP contribution in [0.2, 0.25) is 0 Å². The van der Waals surface area contributed by atoms with Crippen LogP contribution in [0.15, 0.2) is 42.0 Å². The maximum atomic E-state index is 4.41. The van der Waals surface area contributed by atoms with E-state index < -0.39 is 0 Å². The van der Waals surface area contributed by atoms with Gasteiger partial charge in [0, 0.05) is 6.20 Å². The number of pyridine rings is 1. The lowest BCUT2D eigenvalue weighted by atomic mass is 10.3. The van der Waals surface area contributed by atoms with Gasteiger partial charge in [0.2, 0.25) is 5.95 Å². The fraction of sp³-hybridized carbons (Fsp3) is 0.0833. The Kier molecular flexibility index (Phi) is 2.67.